The fourth-order valence-corrected chi connectivity index (χ4v) is 1.55. The van der Waals surface area contributed by atoms with E-state index in [0.717, 1.165) is 5.75 Å². The molecule has 0 aliphatic heterocycles. The van der Waals surface area contributed by atoms with Crippen molar-refractivity contribution in [1.82, 2.24) is 5.32 Å². The highest BCUT2D eigenvalue weighted by Crippen LogP contribution is 2.11. The minimum absolute atomic E-state index is 0.267. The summed E-state index contributed by atoms with van der Waals surface area (Å²) in [4.78, 5) is 11.0. The number of nitrogens with one attached hydrogen (secondary N) is 1. The van der Waals surface area contributed by atoms with Gasteiger partial charge in [0.25, 0.3) is 0 Å². The van der Waals surface area contributed by atoms with Crippen molar-refractivity contribution in [3.63, 3.8) is 0 Å². The van der Waals surface area contributed by atoms with Gasteiger partial charge in [0.05, 0.1) is 6.04 Å². The molecular formula is C13H20N2O2. The summed E-state index contributed by atoms with van der Waals surface area (Å²) >= 11 is 0. The van der Waals surface area contributed by atoms with E-state index in [0.29, 0.717) is 19.6 Å². The van der Waals surface area contributed by atoms with E-state index in [4.69, 9.17) is 10.5 Å². The molecule has 94 valence electrons. The first-order chi connectivity index (χ1) is 8.13. The third-order valence-electron chi connectivity index (χ3n) is 2.50. The zero-order valence-corrected chi connectivity index (χ0v) is 10.4. The lowest BCUT2D eigenvalue weighted by Crippen LogP contribution is -2.42. The maximum atomic E-state index is 11.0. The molecule has 1 aromatic rings. The molecule has 4 heteroatoms. The van der Waals surface area contributed by atoms with E-state index in [1.165, 1.54) is 5.56 Å². The van der Waals surface area contributed by atoms with Gasteiger partial charge in [-0.1, -0.05) is 19.1 Å². The first-order valence-electron chi connectivity index (χ1n) is 5.85. The van der Waals surface area contributed by atoms with E-state index in [1.807, 2.05) is 38.1 Å². The maximum Gasteiger partial charge on any atom is 0.234 e. The Labute approximate surface area is 102 Å². The first kappa shape index (κ1) is 13.5. The molecule has 1 atom stereocenters. The monoisotopic (exact) mass is 236 g/mol. The molecule has 0 aromatic heterocycles. The fourth-order valence-electron chi connectivity index (χ4n) is 1.55. The molecule has 1 rings (SSSR count). The molecule has 0 bridgehead atoms. The number of ether oxygens (including phenoxy) is 1. The maximum absolute atomic E-state index is 11.0. The van der Waals surface area contributed by atoms with E-state index in [9.17, 15) is 4.79 Å². The van der Waals surface area contributed by atoms with Crippen molar-refractivity contribution in [2.24, 2.45) is 5.73 Å². The normalized spacial score (nSPS) is 12.1. The standard InChI is InChI=1S/C13H20N2O2/c1-3-12(13(14)16)15-7-8-17-11-6-4-5-10(2)9-11/h4-6,9,12,15H,3,7-8H2,1-2H3,(H2,14,16). The lowest BCUT2D eigenvalue weighted by atomic mass is 10.2. The van der Waals surface area contributed by atoms with Gasteiger partial charge in [-0.2, -0.15) is 0 Å². The minimum Gasteiger partial charge on any atom is -0.492 e. The molecule has 1 unspecified atom stereocenters. The minimum atomic E-state index is -0.317. The average Bonchev–Trinajstić information content (AvgIpc) is 2.28. The number of carbonyl (C=O) groups excluding carboxylic acids is 1. The zero-order valence-electron chi connectivity index (χ0n) is 10.4. The molecule has 0 saturated carbocycles. The molecule has 0 saturated heterocycles. The largest absolute Gasteiger partial charge is 0.492 e. The highest BCUT2D eigenvalue weighted by atomic mass is 16.5. The predicted octanol–water partition coefficient (Wildman–Crippen LogP) is 1.23. The molecule has 1 aromatic carbocycles. The van der Waals surface area contributed by atoms with Crippen LogP contribution in [0.15, 0.2) is 24.3 Å². The molecule has 0 radical (unpaired) electrons. The molecule has 0 aliphatic rings. The molecular weight excluding hydrogens is 216 g/mol. The van der Waals surface area contributed by atoms with E-state index in [1.54, 1.807) is 0 Å². The molecule has 4 nitrogen and oxygen atoms in total. The number of amides is 1. The van der Waals surface area contributed by atoms with Crippen molar-refractivity contribution >= 4 is 5.91 Å². The molecule has 0 heterocycles. The number of hydrogen-bond acceptors (Lipinski definition) is 3. The third kappa shape index (κ3) is 4.87. The lowest BCUT2D eigenvalue weighted by molar-refractivity contribution is -0.120. The summed E-state index contributed by atoms with van der Waals surface area (Å²) in [7, 11) is 0. The summed E-state index contributed by atoms with van der Waals surface area (Å²) in [6.45, 7) is 5.07. The molecule has 0 aliphatic carbocycles. The van der Waals surface area contributed by atoms with E-state index < -0.39 is 0 Å². The number of hydrogen-bond donors (Lipinski definition) is 2. The summed E-state index contributed by atoms with van der Waals surface area (Å²) in [6.07, 6.45) is 0.694. The van der Waals surface area contributed by atoms with Crippen LogP contribution < -0.4 is 15.8 Å². The Balaban J connectivity index is 2.26. The third-order valence-corrected chi connectivity index (χ3v) is 2.50. The first-order valence-corrected chi connectivity index (χ1v) is 5.85. The van der Waals surface area contributed by atoms with Gasteiger partial charge in [0.1, 0.15) is 12.4 Å². The van der Waals surface area contributed by atoms with Crippen LogP contribution in [0.5, 0.6) is 5.75 Å². The Morgan fingerprint density at radius 1 is 1.53 bits per heavy atom. The zero-order chi connectivity index (χ0) is 12.7. The fraction of sp³-hybridized carbons (Fsp3) is 0.462. The predicted molar refractivity (Wildman–Crippen MR) is 68.0 cm³/mol. The van der Waals surface area contributed by atoms with Gasteiger partial charge in [-0.3, -0.25) is 4.79 Å². The number of carbonyl (C=O) groups is 1. The van der Waals surface area contributed by atoms with Crippen molar-refractivity contribution in [2.45, 2.75) is 26.3 Å². The number of benzene rings is 1. The highest BCUT2D eigenvalue weighted by molar-refractivity contribution is 5.79. The van der Waals surface area contributed by atoms with Gasteiger partial charge in [0, 0.05) is 6.54 Å². The second kappa shape index (κ2) is 6.91. The Morgan fingerprint density at radius 3 is 2.88 bits per heavy atom. The SMILES string of the molecule is CCC(NCCOc1cccc(C)c1)C(N)=O. The number of rotatable bonds is 7. The van der Waals surface area contributed by atoms with Crippen LogP contribution in [0.4, 0.5) is 0 Å². The quantitative estimate of drug-likeness (QED) is 0.700. The van der Waals surface area contributed by atoms with Crippen molar-refractivity contribution in [3.8, 4) is 5.75 Å². The molecule has 0 fully saturated rings. The summed E-state index contributed by atoms with van der Waals surface area (Å²) in [5.74, 6) is 0.530. The molecule has 1 amide bonds. The van der Waals surface area contributed by atoms with Gasteiger partial charge >= 0.3 is 0 Å². The van der Waals surface area contributed by atoms with Crippen LogP contribution >= 0.6 is 0 Å². The number of aryl methyl sites for hydroxylation is 1. The Hall–Kier alpha value is -1.55. The Kier molecular flexibility index (Phi) is 5.49. The van der Waals surface area contributed by atoms with Crippen LogP contribution in [0.25, 0.3) is 0 Å². The second-order valence-corrected chi connectivity index (χ2v) is 3.98. The smallest absolute Gasteiger partial charge is 0.234 e. The Bertz CT molecular complexity index is 366. The van der Waals surface area contributed by atoms with Gasteiger partial charge in [0.2, 0.25) is 5.91 Å². The van der Waals surface area contributed by atoms with Crippen LogP contribution in [0.2, 0.25) is 0 Å². The molecule has 17 heavy (non-hydrogen) atoms. The number of primary amides is 1. The summed E-state index contributed by atoms with van der Waals surface area (Å²) in [5.41, 5.74) is 6.38. The highest BCUT2D eigenvalue weighted by Gasteiger charge is 2.10. The molecule has 0 spiro atoms. The second-order valence-electron chi connectivity index (χ2n) is 3.98. The van der Waals surface area contributed by atoms with Gasteiger partial charge < -0.3 is 15.8 Å². The lowest BCUT2D eigenvalue weighted by Gasteiger charge is -2.13. The van der Waals surface area contributed by atoms with Crippen LogP contribution in [0, 0.1) is 6.92 Å². The van der Waals surface area contributed by atoms with Crippen molar-refractivity contribution < 1.29 is 9.53 Å². The van der Waals surface area contributed by atoms with Crippen molar-refractivity contribution in [1.29, 1.82) is 0 Å². The van der Waals surface area contributed by atoms with Gasteiger partial charge in [0.15, 0.2) is 0 Å². The topological polar surface area (TPSA) is 64.3 Å². The van der Waals surface area contributed by atoms with Gasteiger partial charge in [-0.25, -0.2) is 0 Å². The van der Waals surface area contributed by atoms with Crippen molar-refractivity contribution in [2.75, 3.05) is 13.2 Å². The van der Waals surface area contributed by atoms with Crippen LogP contribution in [-0.2, 0) is 4.79 Å². The Morgan fingerprint density at radius 2 is 2.29 bits per heavy atom. The van der Waals surface area contributed by atoms with Crippen LogP contribution in [0.3, 0.4) is 0 Å². The van der Waals surface area contributed by atoms with Crippen molar-refractivity contribution in [3.05, 3.63) is 29.8 Å². The summed E-state index contributed by atoms with van der Waals surface area (Å²) in [6, 6.07) is 7.60. The average molecular weight is 236 g/mol. The molecule has 3 N–H and O–H groups in total. The van der Waals surface area contributed by atoms with E-state index in [2.05, 4.69) is 5.32 Å². The van der Waals surface area contributed by atoms with Gasteiger partial charge in [-0.15, -0.1) is 0 Å². The van der Waals surface area contributed by atoms with Crippen LogP contribution in [0.1, 0.15) is 18.9 Å². The number of nitrogens with two attached hydrogens (primary N) is 1. The van der Waals surface area contributed by atoms with E-state index in [-0.39, 0.29) is 11.9 Å². The summed E-state index contributed by atoms with van der Waals surface area (Å²) < 4.78 is 5.55. The van der Waals surface area contributed by atoms with Gasteiger partial charge in [-0.05, 0) is 31.0 Å². The van der Waals surface area contributed by atoms with Crippen LogP contribution in [-0.4, -0.2) is 25.1 Å². The summed E-state index contributed by atoms with van der Waals surface area (Å²) in [5, 5.41) is 3.05. The van der Waals surface area contributed by atoms with E-state index >= 15 is 0 Å².